The summed E-state index contributed by atoms with van der Waals surface area (Å²) in [6.07, 6.45) is 2.26. The summed E-state index contributed by atoms with van der Waals surface area (Å²) in [5, 5.41) is 6.37. The molecule has 152 valence electrons. The number of aromatic amines is 1. The van der Waals surface area contributed by atoms with E-state index in [-0.39, 0.29) is 29.1 Å². The largest absolute Gasteiger partial charge is 0.347 e. The Kier molecular flexibility index (Phi) is 5.38. The molecule has 2 N–H and O–H groups in total. The SMILES string of the molecule is Cc1nc2nc(C(=O)NCC(c3ccccc3Cl)N3CCCC3)[nH]n2c(=O)c1C. The third-order valence-electron chi connectivity index (χ3n) is 5.48. The van der Waals surface area contributed by atoms with E-state index < -0.39 is 0 Å². The molecule has 4 rings (SSSR count). The van der Waals surface area contributed by atoms with E-state index in [1.54, 1.807) is 13.8 Å². The lowest BCUT2D eigenvalue weighted by atomic mass is 10.1. The van der Waals surface area contributed by atoms with Crippen LogP contribution in [-0.4, -0.2) is 50.0 Å². The molecule has 1 saturated heterocycles. The zero-order valence-corrected chi connectivity index (χ0v) is 17.2. The first-order valence-corrected chi connectivity index (χ1v) is 10.1. The maximum atomic E-state index is 12.7. The molecule has 1 aromatic carbocycles. The van der Waals surface area contributed by atoms with Gasteiger partial charge in [-0.2, -0.15) is 9.50 Å². The molecule has 0 spiro atoms. The van der Waals surface area contributed by atoms with Crippen LogP contribution in [0.15, 0.2) is 29.1 Å². The lowest BCUT2D eigenvalue weighted by Gasteiger charge is -2.28. The Morgan fingerprint density at radius 1 is 1.24 bits per heavy atom. The number of carbonyl (C=O) groups is 1. The molecule has 1 aliphatic heterocycles. The van der Waals surface area contributed by atoms with Crippen LogP contribution in [-0.2, 0) is 0 Å². The van der Waals surface area contributed by atoms with Gasteiger partial charge < -0.3 is 5.32 Å². The lowest BCUT2D eigenvalue weighted by molar-refractivity contribution is 0.0927. The standard InChI is InChI=1S/C20H23ClN6O2/c1-12-13(2)23-20-24-17(25-27(20)19(12)29)18(28)22-11-16(26-9-5-6-10-26)14-7-3-4-8-15(14)21/h3-4,7-8,16H,5-6,9-11H2,1-2H3,(H,22,28)(H,23,24,25). The van der Waals surface area contributed by atoms with E-state index >= 15 is 0 Å². The lowest BCUT2D eigenvalue weighted by Crippen LogP contribution is -2.37. The summed E-state index contributed by atoms with van der Waals surface area (Å²) in [6.45, 7) is 5.76. The van der Waals surface area contributed by atoms with Crippen molar-refractivity contribution < 1.29 is 4.79 Å². The van der Waals surface area contributed by atoms with Crippen LogP contribution in [0.25, 0.3) is 5.78 Å². The minimum Gasteiger partial charge on any atom is -0.347 e. The van der Waals surface area contributed by atoms with Crippen LogP contribution in [0.4, 0.5) is 0 Å². The normalized spacial score (nSPS) is 15.7. The van der Waals surface area contributed by atoms with Crippen LogP contribution in [0, 0.1) is 13.8 Å². The molecule has 1 atom stereocenters. The fourth-order valence-electron chi connectivity index (χ4n) is 3.71. The van der Waals surface area contributed by atoms with E-state index in [0.717, 1.165) is 31.5 Å². The Bertz CT molecular complexity index is 1120. The van der Waals surface area contributed by atoms with Gasteiger partial charge in [-0.3, -0.25) is 19.6 Å². The first kappa shape index (κ1) is 19.6. The molecule has 3 heterocycles. The number of likely N-dealkylation sites (tertiary alicyclic amines) is 1. The van der Waals surface area contributed by atoms with Gasteiger partial charge in [0.15, 0.2) is 0 Å². The number of carbonyl (C=O) groups excluding carboxylic acids is 1. The average molecular weight is 415 g/mol. The van der Waals surface area contributed by atoms with Crippen molar-refractivity contribution in [1.82, 2.24) is 29.8 Å². The molecule has 3 aromatic rings. The summed E-state index contributed by atoms with van der Waals surface area (Å²) >= 11 is 6.43. The van der Waals surface area contributed by atoms with Crippen molar-refractivity contribution in [2.24, 2.45) is 0 Å². The number of benzene rings is 1. The summed E-state index contributed by atoms with van der Waals surface area (Å²) in [5.74, 6) is -0.147. The van der Waals surface area contributed by atoms with Gasteiger partial charge in [0.25, 0.3) is 17.2 Å². The topological polar surface area (TPSA) is 95.4 Å². The first-order chi connectivity index (χ1) is 14.0. The highest BCUT2D eigenvalue weighted by molar-refractivity contribution is 6.31. The number of nitrogens with zero attached hydrogens (tertiary/aromatic N) is 4. The Morgan fingerprint density at radius 3 is 2.69 bits per heavy atom. The summed E-state index contributed by atoms with van der Waals surface area (Å²) in [4.78, 5) is 35.9. The Balaban J connectivity index is 1.57. The molecular formula is C20H23ClN6O2. The molecule has 2 aromatic heterocycles. The van der Waals surface area contributed by atoms with E-state index in [0.29, 0.717) is 22.8 Å². The van der Waals surface area contributed by atoms with Gasteiger partial charge in [-0.15, -0.1) is 0 Å². The van der Waals surface area contributed by atoms with Crippen molar-refractivity contribution in [3.63, 3.8) is 0 Å². The van der Waals surface area contributed by atoms with Gasteiger partial charge in [-0.25, -0.2) is 4.98 Å². The number of fused-ring (bicyclic) bond motifs is 1. The van der Waals surface area contributed by atoms with Gasteiger partial charge in [0.1, 0.15) is 0 Å². The average Bonchev–Trinajstić information content (AvgIpc) is 3.38. The summed E-state index contributed by atoms with van der Waals surface area (Å²) in [7, 11) is 0. The van der Waals surface area contributed by atoms with Crippen molar-refractivity contribution in [3.05, 3.63) is 62.3 Å². The summed E-state index contributed by atoms with van der Waals surface area (Å²) < 4.78 is 1.20. The molecule has 9 heteroatoms. The highest BCUT2D eigenvalue weighted by atomic mass is 35.5. The van der Waals surface area contributed by atoms with Crippen LogP contribution in [0.3, 0.4) is 0 Å². The van der Waals surface area contributed by atoms with Crippen LogP contribution in [0.5, 0.6) is 0 Å². The minimum atomic E-state index is -0.388. The fraction of sp³-hybridized carbons (Fsp3) is 0.400. The second kappa shape index (κ2) is 7.96. The molecule has 0 bridgehead atoms. The second-order valence-corrected chi connectivity index (χ2v) is 7.73. The van der Waals surface area contributed by atoms with Crippen molar-refractivity contribution >= 4 is 23.3 Å². The molecule has 0 aliphatic carbocycles. The maximum Gasteiger partial charge on any atom is 0.288 e. The van der Waals surface area contributed by atoms with E-state index in [2.05, 4.69) is 25.3 Å². The van der Waals surface area contributed by atoms with Gasteiger partial charge in [0, 0.05) is 22.8 Å². The van der Waals surface area contributed by atoms with E-state index in [9.17, 15) is 9.59 Å². The van der Waals surface area contributed by atoms with Crippen molar-refractivity contribution in [2.75, 3.05) is 19.6 Å². The number of nitrogens with one attached hydrogen (secondary N) is 2. The van der Waals surface area contributed by atoms with Crippen molar-refractivity contribution in [3.8, 4) is 0 Å². The predicted octanol–water partition coefficient (Wildman–Crippen LogP) is 2.25. The van der Waals surface area contributed by atoms with Gasteiger partial charge in [0.05, 0.1) is 6.04 Å². The van der Waals surface area contributed by atoms with E-state index in [1.807, 2.05) is 24.3 Å². The van der Waals surface area contributed by atoms with Gasteiger partial charge in [-0.05, 0) is 51.4 Å². The van der Waals surface area contributed by atoms with E-state index in [4.69, 9.17) is 11.6 Å². The molecule has 0 saturated carbocycles. The fourth-order valence-corrected chi connectivity index (χ4v) is 3.97. The van der Waals surface area contributed by atoms with Crippen molar-refractivity contribution in [1.29, 1.82) is 0 Å². The number of aromatic nitrogens is 4. The Labute approximate surface area is 172 Å². The third-order valence-corrected chi connectivity index (χ3v) is 5.82. The van der Waals surface area contributed by atoms with Crippen molar-refractivity contribution in [2.45, 2.75) is 32.7 Å². The van der Waals surface area contributed by atoms with E-state index in [1.165, 1.54) is 4.52 Å². The van der Waals surface area contributed by atoms with Crippen LogP contribution >= 0.6 is 11.6 Å². The van der Waals surface area contributed by atoms with Gasteiger partial charge >= 0.3 is 0 Å². The molecule has 0 radical (unpaired) electrons. The second-order valence-electron chi connectivity index (χ2n) is 7.33. The molecule has 1 aliphatic rings. The number of hydrogen-bond donors (Lipinski definition) is 2. The first-order valence-electron chi connectivity index (χ1n) is 9.68. The van der Waals surface area contributed by atoms with Gasteiger partial charge in [0.2, 0.25) is 5.82 Å². The van der Waals surface area contributed by atoms with Crippen LogP contribution in [0.2, 0.25) is 5.02 Å². The van der Waals surface area contributed by atoms with Crippen LogP contribution < -0.4 is 10.9 Å². The monoisotopic (exact) mass is 414 g/mol. The highest BCUT2D eigenvalue weighted by Crippen LogP contribution is 2.29. The predicted molar refractivity (Wildman–Crippen MR) is 110 cm³/mol. The van der Waals surface area contributed by atoms with Gasteiger partial charge in [-0.1, -0.05) is 29.8 Å². The quantitative estimate of drug-likeness (QED) is 0.667. The molecule has 1 unspecified atom stereocenters. The molecule has 1 fully saturated rings. The zero-order chi connectivity index (χ0) is 20.5. The number of aryl methyl sites for hydroxylation is 1. The zero-order valence-electron chi connectivity index (χ0n) is 16.4. The summed E-state index contributed by atoms with van der Waals surface area (Å²) in [6, 6.07) is 7.69. The number of halogens is 1. The number of H-pyrrole nitrogens is 1. The highest BCUT2D eigenvalue weighted by Gasteiger charge is 2.26. The molecule has 29 heavy (non-hydrogen) atoms. The number of hydrogen-bond acceptors (Lipinski definition) is 5. The molecular weight excluding hydrogens is 392 g/mol. The number of amides is 1. The smallest absolute Gasteiger partial charge is 0.288 e. The number of rotatable bonds is 5. The molecule has 8 nitrogen and oxygen atoms in total. The third kappa shape index (κ3) is 3.77. The Hall–Kier alpha value is -2.71. The minimum absolute atomic E-state index is 0.0233. The Morgan fingerprint density at radius 2 is 1.97 bits per heavy atom. The molecule has 1 amide bonds. The maximum absolute atomic E-state index is 12.7. The summed E-state index contributed by atoms with van der Waals surface area (Å²) in [5.41, 5.74) is 1.85. The van der Waals surface area contributed by atoms with Crippen LogP contribution in [0.1, 0.15) is 46.3 Å².